The maximum absolute atomic E-state index is 13.7. The van der Waals surface area contributed by atoms with Gasteiger partial charge in [-0.2, -0.15) is 0 Å². The second-order valence-corrected chi connectivity index (χ2v) is 7.12. The number of aromatic nitrogens is 1. The number of rotatable bonds is 1. The molecule has 3 aromatic rings. The van der Waals surface area contributed by atoms with Gasteiger partial charge in [0.05, 0.1) is 11.2 Å². The van der Waals surface area contributed by atoms with E-state index < -0.39 is 0 Å². The van der Waals surface area contributed by atoms with Crippen LogP contribution < -0.4 is 10.2 Å². The Morgan fingerprint density at radius 1 is 1.15 bits per heavy atom. The van der Waals surface area contributed by atoms with Gasteiger partial charge in [0.25, 0.3) is 0 Å². The smallest absolute Gasteiger partial charge is 0.125 e. The molecule has 26 heavy (non-hydrogen) atoms. The minimum Gasteiger partial charge on any atom is -0.376 e. The van der Waals surface area contributed by atoms with Gasteiger partial charge in [0.15, 0.2) is 0 Å². The second-order valence-electron chi connectivity index (χ2n) is 7.12. The zero-order valence-corrected chi connectivity index (χ0v) is 15.0. The van der Waals surface area contributed by atoms with Crippen molar-refractivity contribution in [3.63, 3.8) is 0 Å². The van der Waals surface area contributed by atoms with Crippen LogP contribution in [0.15, 0.2) is 41.4 Å². The molecule has 0 bridgehead atoms. The minimum absolute atomic E-state index is 0.175. The molecule has 0 saturated carbocycles. The van der Waals surface area contributed by atoms with Crippen LogP contribution in [-0.2, 0) is 26.4 Å². The Labute approximate surface area is 152 Å². The van der Waals surface area contributed by atoms with E-state index in [0.717, 1.165) is 48.4 Å². The van der Waals surface area contributed by atoms with Crippen molar-refractivity contribution in [2.24, 2.45) is 12.0 Å². The maximum Gasteiger partial charge on any atom is 0.125 e. The van der Waals surface area contributed by atoms with E-state index in [-0.39, 0.29) is 5.82 Å². The monoisotopic (exact) mass is 348 g/mol. The molecule has 132 valence electrons. The van der Waals surface area contributed by atoms with Crippen molar-refractivity contribution in [2.75, 3.05) is 18.5 Å². The lowest BCUT2D eigenvalue weighted by molar-refractivity contribution is 0.628. The average molecular weight is 348 g/mol. The predicted octanol–water partition coefficient (Wildman–Crippen LogP) is 3.69. The molecule has 2 aliphatic rings. The molecule has 0 radical (unpaired) electrons. The molecular formula is C21H21FN4. The summed E-state index contributed by atoms with van der Waals surface area (Å²) in [4.78, 5) is 7.01. The predicted molar refractivity (Wildman–Crippen MR) is 104 cm³/mol. The first-order valence-electron chi connectivity index (χ1n) is 9.03. The van der Waals surface area contributed by atoms with Gasteiger partial charge in [-0.3, -0.25) is 0 Å². The molecule has 1 aromatic heterocycles. The van der Waals surface area contributed by atoms with E-state index in [9.17, 15) is 4.39 Å². The quantitative estimate of drug-likeness (QED) is 0.727. The summed E-state index contributed by atoms with van der Waals surface area (Å²) in [7, 11) is 3.96. The van der Waals surface area contributed by atoms with Gasteiger partial charge >= 0.3 is 0 Å². The highest BCUT2D eigenvalue weighted by Gasteiger charge is 2.24. The van der Waals surface area contributed by atoms with Gasteiger partial charge in [-0.25, -0.2) is 9.38 Å². The fourth-order valence-corrected chi connectivity index (χ4v) is 4.30. The van der Waals surface area contributed by atoms with Crippen molar-refractivity contribution in [3.8, 4) is 0 Å². The molecule has 0 amide bonds. The van der Waals surface area contributed by atoms with E-state index in [1.54, 1.807) is 12.1 Å². The zero-order chi connectivity index (χ0) is 17.8. The molecule has 2 aliphatic heterocycles. The Morgan fingerprint density at radius 3 is 2.88 bits per heavy atom. The van der Waals surface area contributed by atoms with Crippen molar-refractivity contribution < 1.29 is 4.39 Å². The number of hydrogen-bond acceptors (Lipinski definition) is 3. The molecule has 3 heterocycles. The molecule has 0 atom stereocenters. The molecule has 0 unspecified atom stereocenters. The van der Waals surface area contributed by atoms with Crippen LogP contribution in [0.5, 0.6) is 0 Å². The Balaban J connectivity index is 1.51. The summed E-state index contributed by atoms with van der Waals surface area (Å²) in [6.45, 7) is 1.83. The van der Waals surface area contributed by atoms with Crippen LogP contribution in [0.4, 0.5) is 15.8 Å². The number of nitrogens with one attached hydrogen (secondary N) is 1. The van der Waals surface area contributed by atoms with Gasteiger partial charge in [0.1, 0.15) is 11.7 Å². The maximum atomic E-state index is 13.7. The van der Waals surface area contributed by atoms with E-state index in [1.807, 2.05) is 20.2 Å². The van der Waals surface area contributed by atoms with Crippen molar-refractivity contribution in [1.82, 2.24) is 9.88 Å². The lowest BCUT2D eigenvalue weighted by atomic mass is 10.0. The summed E-state index contributed by atoms with van der Waals surface area (Å²) in [5.74, 6) is 0.848. The Kier molecular flexibility index (Phi) is 3.32. The number of halogens is 1. The molecule has 5 heteroatoms. The van der Waals surface area contributed by atoms with Gasteiger partial charge in [0.2, 0.25) is 0 Å². The topological polar surface area (TPSA) is 32.6 Å². The van der Waals surface area contributed by atoms with E-state index in [1.165, 1.54) is 22.5 Å². The van der Waals surface area contributed by atoms with Gasteiger partial charge in [-0.1, -0.05) is 0 Å². The summed E-state index contributed by atoms with van der Waals surface area (Å²) in [6.07, 6.45) is 1.84. The largest absolute Gasteiger partial charge is 0.376 e. The fraction of sp³-hybridized carbons (Fsp3) is 0.286. The third-order valence-electron chi connectivity index (χ3n) is 5.70. The zero-order valence-electron chi connectivity index (χ0n) is 15.0. The third-order valence-corrected chi connectivity index (χ3v) is 5.70. The van der Waals surface area contributed by atoms with Crippen molar-refractivity contribution in [1.29, 1.82) is 0 Å². The fourth-order valence-electron chi connectivity index (χ4n) is 4.30. The van der Waals surface area contributed by atoms with Crippen LogP contribution >= 0.6 is 0 Å². The Bertz CT molecular complexity index is 1060. The number of anilines is 1. The number of likely N-dealkylation sites (N-methyl/N-ethyl adjacent to an activating group) is 1. The van der Waals surface area contributed by atoms with Crippen molar-refractivity contribution in [2.45, 2.75) is 19.4 Å². The molecule has 4 nitrogen and oxygen atoms in total. The molecule has 0 saturated heterocycles. The number of aryl methyl sites for hydroxylation is 1. The first kappa shape index (κ1) is 15.4. The highest BCUT2D eigenvalue weighted by atomic mass is 19.1. The highest BCUT2D eigenvalue weighted by molar-refractivity contribution is 5.92. The van der Waals surface area contributed by atoms with E-state index in [0.29, 0.717) is 0 Å². The van der Waals surface area contributed by atoms with E-state index in [4.69, 9.17) is 0 Å². The van der Waals surface area contributed by atoms with Gasteiger partial charge in [0, 0.05) is 62.4 Å². The van der Waals surface area contributed by atoms with Gasteiger partial charge < -0.3 is 14.8 Å². The number of hydrogen-bond donors (Lipinski definition) is 1. The first-order chi connectivity index (χ1) is 12.6. The van der Waals surface area contributed by atoms with Crippen molar-refractivity contribution in [3.05, 3.63) is 59.0 Å². The number of nitrogens with zero attached hydrogens (tertiary/aromatic N) is 3. The molecule has 2 aromatic carbocycles. The number of aliphatic imine (C=N–C) groups is 1. The van der Waals surface area contributed by atoms with Crippen LogP contribution in [0.3, 0.4) is 0 Å². The van der Waals surface area contributed by atoms with Crippen molar-refractivity contribution >= 4 is 28.1 Å². The summed E-state index contributed by atoms with van der Waals surface area (Å²) in [5, 5.41) is 4.32. The number of benzene rings is 2. The Morgan fingerprint density at radius 2 is 2.04 bits per heavy atom. The summed E-state index contributed by atoms with van der Waals surface area (Å²) < 4.78 is 15.8. The average Bonchev–Trinajstić information content (AvgIpc) is 3.20. The molecule has 0 aliphatic carbocycles. The molecule has 0 spiro atoms. The van der Waals surface area contributed by atoms with Crippen LogP contribution in [-0.4, -0.2) is 24.0 Å². The first-order valence-corrected chi connectivity index (χ1v) is 9.03. The standard InChI is InChI=1S/C21H21FN4/c1-23-21-10-13-9-15(4-6-18(13)24-21)26-8-7-19-17(12-26)16-5-3-14(22)11-20(16)25(19)2/h3-6,9,11H,7-8,10,12H2,1-2H3,(H,23,24). The Hall–Kier alpha value is -2.82. The molecule has 1 N–H and O–H groups in total. The van der Waals surface area contributed by atoms with Gasteiger partial charge in [-0.15, -0.1) is 0 Å². The molecule has 5 rings (SSSR count). The summed E-state index contributed by atoms with van der Waals surface area (Å²) in [5.41, 5.74) is 7.21. The number of fused-ring (bicyclic) bond motifs is 4. The van der Waals surface area contributed by atoms with Gasteiger partial charge in [-0.05, 0) is 42.0 Å². The minimum atomic E-state index is -0.175. The van der Waals surface area contributed by atoms with E-state index >= 15 is 0 Å². The SMILES string of the molecule is CNC1=Nc2ccc(N3CCc4c(c5ccc(F)cc5n4C)C3)cc2C1. The normalized spacial score (nSPS) is 15.8. The number of amidine groups is 1. The van der Waals surface area contributed by atoms with Crippen LogP contribution in [0.1, 0.15) is 16.8 Å². The van der Waals surface area contributed by atoms with Crippen LogP contribution in [0.2, 0.25) is 0 Å². The summed E-state index contributed by atoms with van der Waals surface area (Å²) >= 11 is 0. The molecule has 0 fully saturated rings. The second kappa shape index (κ2) is 5.59. The summed E-state index contributed by atoms with van der Waals surface area (Å²) in [6, 6.07) is 11.7. The van der Waals surface area contributed by atoms with E-state index in [2.05, 4.69) is 38.0 Å². The lowest BCUT2D eigenvalue weighted by Gasteiger charge is -2.30. The third kappa shape index (κ3) is 2.23. The lowest BCUT2D eigenvalue weighted by Crippen LogP contribution is -2.30. The van der Waals surface area contributed by atoms with Crippen LogP contribution in [0.25, 0.3) is 10.9 Å². The van der Waals surface area contributed by atoms with Crippen LogP contribution in [0, 0.1) is 5.82 Å². The highest BCUT2D eigenvalue weighted by Crippen LogP contribution is 2.35. The molecular weight excluding hydrogens is 327 g/mol.